The molecule has 1 heterocycles. The topological polar surface area (TPSA) is 64.4 Å². The van der Waals surface area contributed by atoms with E-state index in [-0.39, 0.29) is 5.92 Å². The van der Waals surface area contributed by atoms with Crippen LogP contribution in [0.3, 0.4) is 0 Å². The van der Waals surface area contributed by atoms with Gasteiger partial charge in [0, 0.05) is 5.92 Å². The zero-order valence-corrected chi connectivity index (χ0v) is 16.4. The van der Waals surface area contributed by atoms with Crippen molar-refractivity contribution in [2.45, 2.75) is 26.4 Å². The van der Waals surface area contributed by atoms with Gasteiger partial charge < -0.3 is 9.47 Å². The normalized spacial score (nSPS) is 11.3. The molecule has 0 atom stereocenters. The lowest BCUT2D eigenvalue weighted by Gasteiger charge is -2.11. The van der Waals surface area contributed by atoms with Gasteiger partial charge in [0.25, 0.3) is 0 Å². The maximum Gasteiger partial charge on any atom is 0.216 e. The van der Waals surface area contributed by atoms with Crippen molar-refractivity contribution in [3.63, 3.8) is 0 Å². The highest BCUT2D eigenvalue weighted by Gasteiger charge is 2.09. The molecule has 0 fully saturated rings. The third-order valence-corrected chi connectivity index (χ3v) is 4.20. The van der Waals surface area contributed by atoms with Crippen molar-refractivity contribution in [1.29, 1.82) is 0 Å². The van der Waals surface area contributed by atoms with E-state index in [1.54, 1.807) is 18.0 Å². The van der Waals surface area contributed by atoms with Crippen LogP contribution in [0.1, 0.15) is 36.7 Å². The van der Waals surface area contributed by atoms with Gasteiger partial charge in [-0.1, -0.05) is 44.2 Å². The molecule has 0 radical (unpaired) electrons. The molecule has 3 rings (SSSR count). The Morgan fingerprint density at radius 2 is 1.96 bits per heavy atom. The summed E-state index contributed by atoms with van der Waals surface area (Å²) in [5.41, 5.74) is 1.97. The number of aromatic nitrogens is 3. The molecule has 140 valence electrons. The van der Waals surface area contributed by atoms with Crippen LogP contribution in [-0.4, -0.2) is 28.2 Å². The molecule has 0 aliphatic carbocycles. The standard InChI is InChI=1S/C20H22N4O2S/c1-14(2)19-22-23-20(27)24(19)21-12-16-9-10-17(18(11-16)25-3)26-13-15-7-5-4-6-8-15/h4-12,14H,13H2,1-3H3,(H,23,27)/b21-12+. The number of rotatable bonds is 7. The molecule has 6 nitrogen and oxygen atoms in total. The Kier molecular flexibility index (Phi) is 6.03. The number of benzene rings is 2. The van der Waals surface area contributed by atoms with E-state index in [0.717, 1.165) is 17.0 Å². The van der Waals surface area contributed by atoms with E-state index >= 15 is 0 Å². The first-order valence-corrected chi connectivity index (χ1v) is 9.05. The van der Waals surface area contributed by atoms with Crippen LogP contribution in [0.25, 0.3) is 0 Å². The largest absolute Gasteiger partial charge is 0.493 e. The minimum absolute atomic E-state index is 0.207. The molecule has 7 heteroatoms. The SMILES string of the molecule is COc1cc(/C=N/n2c(C(C)C)n[nH]c2=S)ccc1OCc1ccccc1. The summed E-state index contributed by atoms with van der Waals surface area (Å²) in [7, 11) is 1.62. The van der Waals surface area contributed by atoms with E-state index in [0.29, 0.717) is 22.9 Å². The van der Waals surface area contributed by atoms with Crippen molar-refractivity contribution in [3.8, 4) is 11.5 Å². The molecule has 0 unspecified atom stereocenters. The molecule has 1 aromatic heterocycles. The van der Waals surface area contributed by atoms with Crippen molar-refractivity contribution < 1.29 is 9.47 Å². The molecular weight excluding hydrogens is 360 g/mol. The van der Waals surface area contributed by atoms with Crippen LogP contribution in [0, 0.1) is 4.77 Å². The van der Waals surface area contributed by atoms with Gasteiger partial charge in [0.1, 0.15) is 6.61 Å². The second-order valence-corrected chi connectivity index (χ2v) is 6.67. The van der Waals surface area contributed by atoms with E-state index in [9.17, 15) is 0 Å². The maximum atomic E-state index is 5.88. The van der Waals surface area contributed by atoms with Crippen LogP contribution in [0.4, 0.5) is 0 Å². The van der Waals surface area contributed by atoms with Gasteiger partial charge in [-0.2, -0.15) is 14.9 Å². The fourth-order valence-electron chi connectivity index (χ4n) is 2.53. The summed E-state index contributed by atoms with van der Waals surface area (Å²) >= 11 is 5.24. The average Bonchev–Trinajstić information content (AvgIpc) is 3.06. The molecule has 0 bridgehead atoms. The predicted molar refractivity (Wildman–Crippen MR) is 108 cm³/mol. The minimum atomic E-state index is 0.207. The molecule has 0 aliphatic rings. The van der Waals surface area contributed by atoms with Gasteiger partial charge in [0.05, 0.1) is 13.3 Å². The molecule has 27 heavy (non-hydrogen) atoms. The van der Waals surface area contributed by atoms with Gasteiger partial charge >= 0.3 is 0 Å². The zero-order chi connectivity index (χ0) is 19.2. The molecular formula is C20H22N4O2S. The Hall–Kier alpha value is -2.93. The fraction of sp³-hybridized carbons (Fsp3) is 0.250. The van der Waals surface area contributed by atoms with Crippen LogP contribution in [0.15, 0.2) is 53.6 Å². The van der Waals surface area contributed by atoms with Gasteiger partial charge in [0.2, 0.25) is 4.77 Å². The number of ether oxygens (including phenoxy) is 2. The zero-order valence-electron chi connectivity index (χ0n) is 15.5. The van der Waals surface area contributed by atoms with E-state index in [4.69, 9.17) is 21.7 Å². The van der Waals surface area contributed by atoms with Crippen LogP contribution < -0.4 is 9.47 Å². The molecule has 0 amide bonds. The molecule has 3 aromatic rings. The summed E-state index contributed by atoms with van der Waals surface area (Å²) in [6, 6.07) is 15.7. The lowest BCUT2D eigenvalue weighted by molar-refractivity contribution is 0.284. The lowest BCUT2D eigenvalue weighted by Crippen LogP contribution is -2.01. The minimum Gasteiger partial charge on any atom is -0.493 e. The summed E-state index contributed by atoms with van der Waals surface area (Å²) < 4.78 is 13.4. The van der Waals surface area contributed by atoms with Gasteiger partial charge in [0.15, 0.2) is 17.3 Å². The Morgan fingerprint density at radius 3 is 2.67 bits per heavy atom. The summed E-state index contributed by atoms with van der Waals surface area (Å²) in [6.07, 6.45) is 1.72. The maximum absolute atomic E-state index is 5.88. The monoisotopic (exact) mass is 382 g/mol. The van der Waals surface area contributed by atoms with Crippen LogP contribution in [0.2, 0.25) is 0 Å². The number of methoxy groups -OCH3 is 1. The summed E-state index contributed by atoms with van der Waals surface area (Å²) in [5.74, 6) is 2.32. The van der Waals surface area contributed by atoms with Crippen LogP contribution in [0.5, 0.6) is 11.5 Å². The van der Waals surface area contributed by atoms with Crippen LogP contribution in [-0.2, 0) is 6.61 Å². The highest BCUT2D eigenvalue weighted by molar-refractivity contribution is 7.71. The number of hydrogen-bond donors (Lipinski definition) is 1. The van der Waals surface area contributed by atoms with Crippen LogP contribution >= 0.6 is 12.2 Å². The molecule has 1 N–H and O–H groups in total. The Morgan fingerprint density at radius 1 is 1.19 bits per heavy atom. The average molecular weight is 382 g/mol. The van der Waals surface area contributed by atoms with E-state index in [1.165, 1.54) is 0 Å². The van der Waals surface area contributed by atoms with Gasteiger partial charge in [-0.05, 0) is 41.5 Å². The summed E-state index contributed by atoms with van der Waals surface area (Å²) in [4.78, 5) is 0. The van der Waals surface area contributed by atoms with E-state index in [2.05, 4.69) is 15.3 Å². The van der Waals surface area contributed by atoms with Crippen molar-refractivity contribution in [2.75, 3.05) is 7.11 Å². The predicted octanol–water partition coefficient (Wildman–Crippen LogP) is 4.53. The highest BCUT2D eigenvalue weighted by Crippen LogP contribution is 2.28. The third-order valence-electron chi connectivity index (χ3n) is 3.94. The molecule has 0 saturated heterocycles. The molecule has 0 spiro atoms. The number of nitrogens with one attached hydrogen (secondary N) is 1. The van der Waals surface area contributed by atoms with Crippen molar-refractivity contribution in [1.82, 2.24) is 14.9 Å². The first-order valence-electron chi connectivity index (χ1n) is 8.65. The fourth-order valence-corrected chi connectivity index (χ4v) is 2.72. The molecule has 0 aliphatic heterocycles. The first-order chi connectivity index (χ1) is 13.1. The number of nitrogens with zero attached hydrogens (tertiary/aromatic N) is 3. The lowest BCUT2D eigenvalue weighted by atomic mass is 10.2. The number of hydrogen-bond acceptors (Lipinski definition) is 5. The Labute approximate surface area is 163 Å². The number of H-pyrrole nitrogens is 1. The quantitative estimate of drug-likeness (QED) is 0.481. The molecule has 2 aromatic carbocycles. The first kappa shape index (κ1) is 18.8. The van der Waals surface area contributed by atoms with Gasteiger partial charge in [-0.3, -0.25) is 5.10 Å². The van der Waals surface area contributed by atoms with E-state index < -0.39 is 0 Å². The Balaban J connectivity index is 1.78. The van der Waals surface area contributed by atoms with Crippen molar-refractivity contribution in [2.24, 2.45) is 5.10 Å². The third kappa shape index (κ3) is 4.62. The van der Waals surface area contributed by atoms with Gasteiger partial charge in [-0.25, -0.2) is 0 Å². The highest BCUT2D eigenvalue weighted by atomic mass is 32.1. The summed E-state index contributed by atoms with van der Waals surface area (Å²) in [5, 5.41) is 11.4. The number of aromatic amines is 1. The second kappa shape index (κ2) is 8.64. The summed E-state index contributed by atoms with van der Waals surface area (Å²) in [6.45, 7) is 4.56. The smallest absolute Gasteiger partial charge is 0.216 e. The van der Waals surface area contributed by atoms with Crippen molar-refractivity contribution in [3.05, 3.63) is 70.3 Å². The van der Waals surface area contributed by atoms with E-state index in [1.807, 2.05) is 62.4 Å². The van der Waals surface area contributed by atoms with Crippen molar-refractivity contribution >= 4 is 18.4 Å². The second-order valence-electron chi connectivity index (χ2n) is 6.28. The molecule has 0 saturated carbocycles. The van der Waals surface area contributed by atoms with Gasteiger partial charge in [-0.15, -0.1) is 0 Å². The Bertz CT molecular complexity index is 977.